The summed E-state index contributed by atoms with van der Waals surface area (Å²) in [6, 6.07) is 15.3. The Morgan fingerprint density at radius 2 is 1.90 bits per heavy atom. The highest BCUT2D eigenvalue weighted by atomic mass is 35.5. The maximum absolute atomic E-state index is 12.6. The highest BCUT2D eigenvalue weighted by Crippen LogP contribution is 2.17. The number of aromatic nitrogens is 4. The highest BCUT2D eigenvalue weighted by Gasteiger charge is 2.11. The lowest BCUT2D eigenvalue weighted by atomic mass is 10.1. The van der Waals surface area contributed by atoms with Gasteiger partial charge in [0.25, 0.3) is 5.91 Å². The van der Waals surface area contributed by atoms with Gasteiger partial charge < -0.3 is 10.1 Å². The number of benzene rings is 2. The summed E-state index contributed by atoms with van der Waals surface area (Å²) in [7, 11) is 0. The van der Waals surface area contributed by atoms with E-state index in [1.165, 1.54) is 0 Å². The van der Waals surface area contributed by atoms with Crippen molar-refractivity contribution >= 4 is 23.2 Å². The Hall–Kier alpha value is -3.58. The molecule has 0 saturated heterocycles. The van der Waals surface area contributed by atoms with E-state index in [2.05, 4.69) is 21.6 Å². The summed E-state index contributed by atoms with van der Waals surface area (Å²) < 4.78 is 9.11. The van der Waals surface area contributed by atoms with Gasteiger partial charge in [-0.3, -0.25) is 9.48 Å². The van der Waals surface area contributed by atoms with Crippen molar-refractivity contribution in [3.63, 3.8) is 0 Å². The first kappa shape index (κ1) is 20.7. The van der Waals surface area contributed by atoms with Crippen LogP contribution in [0.3, 0.4) is 0 Å². The van der Waals surface area contributed by atoms with E-state index in [4.69, 9.17) is 16.3 Å². The molecule has 31 heavy (non-hydrogen) atoms. The van der Waals surface area contributed by atoms with Crippen LogP contribution in [0.5, 0.6) is 5.75 Å². The number of aryl methyl sites for hydroxylation is 2. The lowest BCUT2D eigenvalue weighted by Gasteiger charge is -2.08. The number of carbonyl (C=O) groups excluding carboxylic acids is 1. The Balaban J connectivity index is 1.37. The lowest BCUT2D eigenvalue weighted by molar-refractivity contribution is 0.102. The van der Waals surface area contributed by atoms with Crippen LogP contribution < -0.4 is 10.1 Å². The van der Waals surface area contributed by atoms with Gasteiger partial charge in [-0.15, -0.1) is 0 Å². The van der Waals surface area contributed by atoms with Crippen LogP contribution in [0.2, 0.25) is 5.02 Å². The summed E-state index contributed by atoms with van der Waals surface area (Å²) in [6.45, 7) is 4.82. The molecule has 0 aliphatic rings. The number of anilines is 1. The second-order valence-corrected chi connectivity index (χ2v) is 7.78. The number of amides is 1. The molecule has 4 rings (SSSR count). The Kier molecular flexibility index (Phi) is 6.04. The van der Waals surface area contributed by atoms with E-state index in [1.807, 2.05) is 50.2 Å². The third-order valence-corrected chi connectivity index (χ3v) is 4.76. The molecule has 0 aliphatic heterocycles. The van der Waals surface area contributed by atoms with Crippen LogP contribution in [-0.4, -0.2) is 25.5 Å². The number of halogens is 1. The SMILES string of the molecule is Cc1cc(C)cc(OCn2ccc(C(=O)Nc3cccc(Cn4cc(Cl)cn4)c3)n2)c1. The zero-order chi connectivity index (χ0) is 21.8. The number of carbonyl (C=O) groups is 1. The fraction of sp³-hybridized carbons (Fsp3) is 0.174. The third kappa shape index (κ3) is 5.52. The van der Waals surface area contributed by atoms with Gasteiger partial charge in [0.15, 0.2) is 12.4 Å². The average molecular weight is 436 g/mol. The number of rotatable bonds is 7. The van der Waals surface area contributed by atoms with E-state index in [1.54, 1.807) is 34.0 Å². The molecule has 7 nitrogen and oxygen atoms in total. The second-order valence-electron chi connectivity index (χ2n) is 7.35. The van der Waals surface area contributed by atoms with Gasteiger partial charge in [-0.25, -0.2) is 4.68 Å². The maximum Gasteiger partial charge on any atom is 0.276 e. The topological polar surface area (TPSA) is 74.0 Å². The maximum atomic E-state index is 12.6. The van der Waals surface area contributed by atoms with E-state index in [9.17, 15) is 4.79 Å². The molecule has 0 unspecified atom stereocenters. The van der Waals surface area contributed by atoms with Gasteiger partial charge in [0.05, 0.1) is 17.8 Å². The first-order valence-electron chi connectivity index (χ1n) is 9.77. The monoisotopic (exact) mass is 435 g/mol. The molecule has 2 aromatic heterocycles. The van der Waals surface area contributed by atoms with E-state index in [-0.39, 0.29) is 12.6 Å². The molecule has 8 heteroatoms. The Morgan fingerprint density at radius 3 is 2.65 bits per heavy atom. The van der Waals surface area contributed by atoms with Crippen molar-refractivity contribution in [2.24, 2.45) is 0 Å². The number of ether oxygens (including phenoxy) is 1. The van der Waals surface area contributed by atoms with Gasteiger partial charge >= 0.3 is 0 Å². The molecule has 4 aromatic rings. The van der Waals surface area contributed by atoms with Gasteiger partial charge in [0.2, 0.25) is 0 Å². The van der Waals surface area contributed by atoms with E-state index < -0.39 is 0 Å². The van der Waals surface area contributed by atoms with Gasteiger partial charge in [-0.05, 0) is 60.9 Å². The fourth-order valence-corrected chi connectivity index (χ4v) is 3.42. The minimum atomic E-state index is -0.288. The van der Waals surface area contributed by atoms with Crippen LogP contribution in [0.15, 0.2) is 67.1 Å². The third-order valence-electron chi connectivity index (χ3n) is 4.56. The molecule has 0 aliphatic carbocycles. The smallest absolute Gasteiger partial charge is 0.276 e. The average Bonchev–Trinajstić information content (AvgIpc) is 3.35. The predicted molar refractivity (Wildman–Crippen MR) is 120 cm³/mol. The van der Waals surface area contributed by atoms with Gasteiger partial charge in [-0.2, -0.15) is 10.2 Å². The van der Waals surface area contributed by atoms with E-state index >= 15 is 0 Å². The van der Waals surface area contributed by atoms with E-state index in [0.717, 1.165) is 22.4 Å². The molecular weight excluding hydrogens is 414 g/mol. The quantitative estimate of drug-likeness (QED) is 0.457. The van der Waals surface area contributed by atoms with Crippen LogP contribution >= 0.6 is 11.6 Å². The molecule has 0 spiro atoms. The molecule has 0 saturated carbocycles. The zero-order valence-electron chi connectivity index (χ0n) is 17.2. The van der Waals surface area contributed by atoms with Crippen LogP contribution in [0.1, 0.15) is 27.2 Å². The summed E-state index contributed by atoms with van der Waals surface area (Å²) in [5.41, 5.74) is 4.25. The summed E-state index contributed by atoms with van der Waals surface area (Å²) in [6.07, 6.45) is 5.06. The van der Waals surface area contributed by atoms with Crippen molar-refractivity contribution < 1.29 is 9.53 Å². The Morgan fingerprint density at radius 1 is 1.10 bits per heavy atom. The molecule has 0 radical (unpaired) electrons. The zero-order valence-corrected chi connectivity index (χ0v) is 18.0. The largest absolute Gasteiger partial charge is 0.471 e. The fourth-order valence-electron chi connectivity index (χ4n) is 3.27. The molecule has 1 N–H and O–H groups in total. The predicted octanol–water partition coefficient (Wildman–Crippen LogP) is 4.69. The summed E-state index contributed by atoms with van der Waals surface area (Å²) in [5, 5.41) is 11.9. The molecule has 1 amide bonds. The lowest BCUT2D eigenvalue weighted by Crippen LogP contribution is -2.14. The number of hydrogen-bond acceptors (Lipinski definition) is 4. The molecular formula is C23H22ClN5O2. The van der Waals surface area contributed by atoms with Gasteiger partial charge in [-0.1, -0.05) is 29.8 Å². The second kappa shape index (κ2) is 9.06. The molecule has 0 fully saturated rings. The first-order chi connectivity index (χ1) is 14.9. The van der Waals surface area contributed by atoms with Crippen molar-refractivity contribution in [2.45, 2.75) is 27.1 Å². The minimum absolute atomic E-state index is 0.220. The van der Waals surface area contributed by atoms with Crippen LogP contribution in [-0.2, 0) is 13.3 Å². The normalized spacial score (nSPS) is 10.8. The Labute approximate surface area is 185 Å². The molecule has 2 heterocycles. The first-order valence-corrected chi connectivity index (χ1v) is 10.2. The summed E-state index contributed by atoms with van der Waals surface area (Å²) in [4.78, 5) is 12.6. The number of nitrogens with one attached hydrogen (secondary N) is 1. The standard InChI is InChI=1S/C23H22ClN5O2/c1-16-8-17(2)10-21(9-16)31-15-28-7-6-22(27-28)23(30)26-20-5-3-4-18(11-20)13-29-14-19(24)12-25-29/h3-12,14H,13,15H2,1-2H3,(H,26,30). The van der Waals surface area contributed by atoms with Crippen molar-refractivity contribution in [1.29, 1.82) is 0 Å². The molecule has 0 bridgehead atoms. The van der Waals surface area contributed by atoms with Gasteiger partial charge in [0.1, 0.15) is 5.75 Å². The van der Waals surface area contributed by atoms with Crippen LogP contribution in [0.4, 0.5) is 5.69 Å². The summed E-state index contributed by atoms with van der Waals surface area (Å²) in [5.74, 6) is 0.485. The van der Waals surface area contributed by atoms with E-state index in [0.29, 0.717) is 22.9 Å². The van der Waals surface area contributed by atoms with Crippen LogP contribution in [0, 0.1) is 13.8 Å². The van der Waals surface area contributed by atoms with Crippen molar-refractivity contribution in [2.75, 3.05) is 5.32 Å². The van der Waals surface area contributed by atoms with Crippen molar-refractivity contribution in [3.8, 4) is 5.75 Å². The number of nitrogens with zero attached hydrogens (tertiary/aromatic N) is 4. The summed E-state index contributed by atoms with van der Waals surface area (Å²) >= 11 is 5.91. The molecule has 158 valence electrons. The number of hydrogen-bond donors (Lipinski definition) is 1. The minimum Gasteiger partial charge on any atom is -0.471 e. The van der Waals surface area contributed by atoms with Gasteiger partial charge in [0, 0.05) is 18.1 Å². The Bertz CT molecular complexity index is 1190. The highest BCUT2D eigenvalue weighted by molar-refractivity contribution is 6.30. The van der Waals surface area contributed by atoms with Crippen molar-refractivity contribution in [3.05, 3.63) is 94.5 Å². The molecule has 0 atom stereocenters. The molecule has 2 aromatic carbocycles. The van der Waals surface area contributed by atoms with Crippen LogP contribution in [0.25, 0.3) is 0 Å². The van der Waals surface area contributed by atoms with Crippen molar-refractivity contribution in [1.82, 2.24) is 19.6 Å².